The number of aromatic nitrogens is 2. The zero-order chi connectivity index (χ0) is 19.8. The third-order valence-electron chi connectivity index (χ3n) is 4.54. The molecule has 1 amide bonds. The summed E-state index contributed by atoms with van der Waals surface area (Å²) in [6.07, 6.45) is 0. The van der Waals surface area contributed by atoms with Crippen molar-refractivity contribution >= 4 is 44.9 Å². The minimum Gasteiger partial charge on any atom is -0.496 e. The third kappa shape index (κ3) is 3.37. The molecule has 5 nitrogen and oxygen atoms in total. The maximum absolute atomic E-state index is 12.7. The van der Waals surface area contributed by atoms with E-state index in [4.69, 9.17) is 16.3 Å². The van der Waals surface area contributed by atoms with Crippen LogP contribution in [0.4, 0.5) is 5.13 Å². The van der Waals surface area contributed by atoms with Crippen LogP contribution < -0.4 is 10.1 Å². The highest BCUT2D eigenvalue weighted by Crippen LogP contribution is 2.33. The van der Waals surface area contributed by atoms with E-state index >= 15 is 0 Å². The fourth-order valence-corrected chi connectivity index (χ4v) is 4.21. The van der Waals surface area contributed by atoms with E-state index in [0.29, 0.717) is 15.8 Å². The molecule has 0 bridgehead atoms. The molecule has 4 aromatic rings. The van der Waals surface area contributed by atoms with Gasteiger partial charge in [-0.2, -0.15) is 0 Å². The lowest BCUT2D eigenvalue weighted by Crippen LogP contribution is -2.11. The fraction of sp³-hybridized carbons (Fsp3) is 0.143. The van der Waals surface area contributed by atoms with Crippen LogP contribution >= 0.6 is 22.9 Å². The molecule has 28 heavy (non-hydrogen) atoms. The molecule has 2 N–H and O–H groups in total. The Hall–Kier alpha value is -2.83. The molecular formula is C21H18ClN3O2S. The van der Waals surface area contributed by atoms with Gasteiger partial charge in [-0.3, -0.25) is 10.1 Å². The van der Waals surface area contributed by atoms with Gasteiger partial charge in [-0.05, 0) is 49.7 Å². The number of anilines is 1. The Labute approximate surface area is 171 Å². The number of H-pyrrole nitrogens is 1. The maximum Gasteiger partial charge on any atom is 0.273 e. The average molecular weight is 412 g/mol. The van der Waals surface area contributed by atoms with Gasteiger partial charge in [0.15, 0.2) is 5.13 Å². The van der Waals surface area contributed by atoms with Crippen molar-refractivity contribution < 1.29 is 9.53 Å². The van der Waals surface area contributed by atoms with Crippen molar-refractivity contribution in [2.75, 3.05) is 12.4 Å². The van der Waals surface area contributed by atoms with E-state index in [2.05, 4.69) is 15.3 Å². The summed E-state index contributed by atoms with van der Waals surface area (Å²) in [5.74, 6) is 0.584. The molecule has 0 saturated heterocycles. The van der Waals surface area contributed by atoms with E-state index in [9.17, 15) is 4.79 Å². The second kappa shape index (κ2) is 7.30. The average Bonchev–Trinajstić information content (AvgIpc) is 3.26. The lowest BCUT2D eigenvalue weighted by Gasteiger charge is -2.06. The first-order valence-corrected chi connectivity index (χ1v) is 9.86. The van der Waals surface area contributed by atoms with Crippen LogP contribution in [-0.4, -0.2) is 23.0 Å². The Bertz CT molecular complexity index is 1200. The molecule has 0 aliphatic heterocycles. The Morgan fingerprint density at radius 1 is 1.21 bits per heavy atom. The normalized spacial score (nSPS) is 11.0. The quantitative estimate of drug-likeness (QED) is 0.444. The predicted molar refractivity (Wildman–Crippen MR) is 115 cm³/mol. The van der Waals surface area contributed by atoms with Gasteiger partial charge in [-0.15, -0.1) is 11.3 Å². The SMILES string of the molecule is COc1ccc(-c2nc(NC(=O)c3cc4cccc(Cl)c4[nH]3)sc2C)cc1C. The number of aromatic amines is 1. The number of nitrogens with one attached hydrogen (secondary N) is 2. The number of carbonyl (C=O) groups is 1. The van der Waals surface area contributed by atoms with Gasteiger partial charge >= 0.3 is 0 Å². The second-order valence-corrected chi connectivity index (χ2v) is 8.06. The summed E-state index contributed by atoms with van der Waals surface area (Å²) in [6.45, 7) is 3.98. The number of amides is 1. The van der Waals surface area contributed by atoms with Crippen LogP contribution in [0.5, 0.6) is 5.75 Å². The molecule has 0 fully saturated rings. The Morgan fingerprint density at radius 2 is 2.04 bits per heavy atom. The largest absolute Gasteiger partial charge is 0.496 e. The van der Waals surface area contributed by atoms with Crippen molar-refractivity contribution in [3.63, 3.8) is 0 Å². The number of carbonyl (C=O) groups excluding carboxylic acids is 1. The molecule has 0 radical (unpaired) electrons. The molecule has 142 valence electrons. The first-order valence-electron chi connectivity index (χ1n) is 8.67. The van der Waals surface area contributed by atoms with Crippen LogP contribution in [0.2, 0.25) is 5.02 Å². The molecule has 0 unspecified atom stereocenters. The summed E-state index contributed by atoms with van der Waals surface area (Å²) in [5, 5.41) is 4.90. The van der Waals surface area contributed by atoms with E-state index in [1.165, 1.54) is 11.3 Å². The molecule has 2 heterocycles. The number of nitrogens with zero attached hydrogens (tertiary/aromatic N) is 1. The van der Waals surface area contributed by atoms with Gasteiger partial charge in [0.2, 0.25) is 0 Å². The minimum absolute atomic E-state index is 0.251. The predicted octanol–water partition coefficient (Wildman–Crippen LogP) is 5.82. The summed E-state index contributed by atoms with van der Waals surface area (Å²) in [4.78, 5) is 21.4. The number of aryl methyl sites for hydroxylation is 2. The molecule has 4 rings (SSSR count). The summed E-state index contributed by atoms with van der Waals surface area (Å²) in [5.41, 5.74) is 4.07. The zero-order valence-corrected chi connectivity index (χ0v) is 17.2. The van der Waals surface area contributed by atoms with Crippen LogP contribution in [0.3, 0.4) is 0 Å². The zero-order valence-electron chi connectivity index (χ0n) is 15.6. The first kappa shape index (κ1) is 18.5. The van der Waals surface area contributed by atoms with Gasteiger partial charge in [-0.25, -0.2) is 4.98 Å². The third-order valence-corrected chi connectivity index (χ3v) is 5.74. The van der Waals surface area contributed by atoms with Crippen molar-refractivity contribution in [2.24, 2.45) is 0 Å². The summed E-state index contributed by atoms with van der Waals surface area (Å²) in [7, 11) is 1.65. The highest BCUT2D eigenvalue weighted by atomic mass is 35.5. The van der Waals surface area contributed by atoms with Crippen molar-refractivity contribution in [3.8, 4) is 17.0 Å². The standard InChI is InChI=1S/C21H18ClN3O2S/c1-11-9-14(7-8-17(11)27-3)18-12(2)28-21(24-18)25-20(26)16-10-13-5-4-6-15(22)19(13)23-16/h4-10,23H,1-3H3,(H,24,25,26). The molecule has 0 aliphatic carbocycles. The number of rotatable bonds is 4. The number of fused-ring (bicyclic) bond motifs is 1. The number of hydrogen-bond donors (Lipinski definition) is 2. The Kier molecular flexibility index (Phi) is 4.83. The van der Waals surface area contributed by atoms with Crippen LogP contribution in [0, 0.1) is 13.8 Å². The van der Waals surface area contributed by atoms with Crippen molar-refractivity contribution in [2.45, 2.75) is 13.8 Å². The van der Waals surface area contributed by atoms with Gasteiger partial charge < -0.3 is 9.72 Å². The highest BCUT2D eigenvalue weighted by molar-refractivity contribution is 7.16. The fourth-order valence-electron chi connectivity index (χ4n) is 3.15. The maximum atomic E-state index is 12.7. The van der Waals surface area contributed by atoms with Gasteiger partial charge in [-0.1, -0.05) is 23.7 Å². The van der Waals surface area contributed by atoms with Crippen molar-refractivity contribution in [1.29, 1.82) is 0 Å². The van der Waals surface area contributed by atoms with Crippen molar-refractivity contribution in [1.82, 2.24) is 9.97 Å². The van der Waals surface area contributed by atoms with Crippen LogP contribution in [0.1, 0.15) is 20.9 Å². The van der Waals surface area contributed by atoms with Gasteiger partial charge in [0.25, 0.3) is 5.91 Å². The second-order valence-electron chi connectivity index (χ2n) is 6.45. The number of thiazole rings is 1. The monoisotopic (exact) mass is 411 g/mol. The summed E-state index contributed by atoms with van der Waals surface area (Å²) < 4.78 is 5.32. The van der Waals surface area contributed by atoms with E-state index in [1.807, 2.05) is 44.2 Å². The van der Waals surface area contributed by atoms with Crippen LogP contribution in [-0.2, 0) is 0 Å². The molecule has 0 saturated carbocycles. The number of benzene rings is 2. The van der Waals surface area contributed by atoms with E-state index in [0.717, 1.165) is 38.4 Å². The van der Waals surface area contributed by atoms with Gasteiger partial charge in [0.05, 0.1) is 23.3 Å². The Balaban J connectivity index is 1.60. The summed E-state index contributed by atoms with van der Waals surface area (Å²) >= 11 is 7.62. The number of hydrogen-bond acceptors (Lipinski definition) is 4. The smallest absolute Gasteiger partial charge is 0.273 e. The Morgan fingerprint density at radius 3 is 2.75 bits per heavy atom. The molecule has 2 aromatic heterocycles. The molecule has 2 aromatic carbocycles. The van der Waals surface area contributed by atoms with Crippen LogP contribution in [0.25, 0.3) is 22.2 Å². The molecule has 0 atom stereocenters. The number of para-hydroxylation sites is 1. The molecular weight excluding hydrogens is 394 g/mol. The minimum atomic E-state index is -0.251. The lowest BCUT2D eigenvalue weighted by atomic mass is 10.1. The molecule has 0 aliphatic rings. The topological polar surface area (TPSA) is 67.0 Å². The first-order chi connectivity index (χ1) is 13.5. The van der Waals surface area contributed by atoms with Crippen LogP contribution in [0.15, 0.2) is 42.5 Å². The molecule has 7 heteroatoms. The van der Waals surface area contributed by atoms with Crippen molar-refractivity contribution in [3.05, 3.63) is 63.6 Å². The van der Waals surface area contributed by atoms with E-state index < -0.39 is 0 Å². The number of halogens is 1. The molecule has 0 spiro atoms. The number of ether oxygens (including phenoxy) is 1. The van der Waals surface area contributed by atoms with E-state index in [1.54, 1.807) is 19.2 Å². The van der Waals surface area contributed by atoms with E-state index in [-0.39, 0.29) is 5.91 Å². The highest BCUT2D eigenvalue weighted by Gasteiger charge is 2.16. The van der Waals surface area contributed by atoms with Gasteiger partial charge in [0.1, 0.15) is 11.4 Å². The van der Waals surface area contributed by atoms with Gasteiger partial charge in [0, 0.05) is 15.8 Å². The summed E-state index contributed by atoms with van der Waals surface area (Å²) in [6, 6.07) is 13.3. The lowest BCUT2D eigenvalue weighted by molar-refractivity contribution is 0.102. The number of methoxy groups -OCH3 is 1.